The Morgan fingerprint density at radius 2 is 1.85 bits per heavy atom. The first-order chi connectivity index (χ1) is 5.62. The monoisotopic (exact) mass is 224 g/mol. The lowest BCUT2D eigenvalue weighted by atomic mass is 10.7. The van der Waals surface area contributed by atoms with Crippen molar-refractivity contribution in [3.8, 4) is 0 Å². The summed E-state index contributed by atoms with van der Waals surface area (Å²) < 4.78 is 72.7. The van der Waals surface area contributed by atoms with Crippen molar-refractivity contribution in [1.29, 1.82) is 0 Å². The van der Waals surface area contributed by atoms with Gasteiger partial charge in [-0.3, -0.25) is 0 Å². The maximum atomic E-state index is 11.7. The van der Waals surface area contributed by atoms with Crippen LogP contribution in [0, 0.1) is 0 Å². The quantitative estimate of drug-likeness (QED) is 0.533. The fourth-order valence-electron chi connectivity index (χ4n) is 0.274. The van der Waals surface area contributed by atoms with Crippen molar-refractivity contribution in [2.45, 2.75) is 6.18 Å². The van der Waals surface area contributed by atoms with Gasteiger partial charge < -0.3 is 4.18 Å². The third-order valence-corrected chi connectivity index (χ3v) is 1.35. The molecule has 0 aliphatic rings. The highest BCUT2D eigenvalue weighted by Gasteiger charge is 2.31. The highest BCUT2D eigenvalue weighted by Crippen LogP contribution is 2.17. The van der Waals surface area contributed by atoms with Crippen LogP contribution in [0.1, 0.15) is 0 Å². The lowest BCUT2D eigenvalue weighted by molar-refractivity contribution is -0.154. The van der Waals surface area contributed by atoms with Crippen LogP contribution in [0.3, 0.4) is 0 Å². The number of hydrogen-bond acceptors (Lipinski definition) is 4. The van der Waals surface area contributed by atoms with Crippen molar-refractivity contribution in [3.05, 3.63) is 12.6 Å². The van der Waals surface area contributed by atoms with Gasteiger partial charge in [0.1, 0.15) is 0 Å². The summed E-state index contributed by atoms with van der Waals surface area (Å²) >= 11 is 0. The van der Waals surface area contributed by atoms with Crippen LogP contribution >= 0.6 is 0 Å². The fraction of sp³-hybridized carbons (Fsp3) is 0.500. The van der Waals surface area contributed by atoms with Gasteiger partial charge in [0.05, 0.1) is 0 Å². The van der Waals surface area contributed by atoms with E-state index in [1.807, 2.05) is 0 Å². The SMILES string of the molecule is C=C(F)OS(=O)(=O)OCC(F)(F)F. The molecule has 0 aliphatic heterocycles. The van der Waals surface area contributed by atoms with Crippen molar-refractivity contribution in [2.24, 2.45) is 0 Å². The van der Waals surface area contributed by atoms with E-state index < -0.39 is 29.2 Å². The van der Waals surface area contributed by atoms with Crippen LogP contribution in [0.5, 0.6) is 0 Å². The Hall–Kier alpha value is -0.830. The van der Waals surface area contributed by atoms with Gasteiger partial charge in [0, 0.05) is 0 Å². The van der Waals surface area contributed by atoms with Crippen LogP contribution < -0.4 is 0 Å². The van der Waals surface area contributed by atoms with Gasteiger partial charge in [-0.25, -0.2) is 4.18 Å². The van der Waals surface area contributed by atoms with E-state index in [2.05, 4.69) is 14.9 Å². The van der Waals surface area contributed by atoms with E-state index in [1.165, 1.54) is 0 Å². The third kappa shape index (κ3) is 7.53. The number of rotatable bonds is 4. The van der Waals surface area contributed by atoms with Gasteiger partial charge in [0.2, 0.25) is 0 Å². The van der Waals surface area contributed by atoms with Gasteiger partial charge in [-0.15, -0.1) is 0 Å². The average molecular weight is 224 g/mol. The van der Waals surface area contributed by atoms with E-state index in [4.69, 9.17) is 0 Å². The minimum atomic E-state index is -5.01. The summed E-state index contributed by atoms with van der Waals surface area (Å²) in [4.78, 5) is 0. The Balaban J connectivity index is 4.13. The molecule has 0 aliphatic carbocycles. The molecule has 0 aromatic rings. The first-order valence-electron chi connectivity index (χ1n) is 2.62. The zero-order chi connectivity index (χ0) is 10.7. The zero-order valence-electron chi connectivity index (χ0n) is 5.97. The molecule has 0 N–H and O–H groups in total. The van der Waals surface area contributed by atoms with Crippen molar-refractivity contribution >= 4 is 10.4 Å². The van der Waals surface area contributed by atoms with E-state index in [0.717, 1.165) is 0 Å². The average Bonchev–Trinajstić information content (AvgIpc) is 1.79. The van der Waals surface area contributed by atoms with Gasteiger partial charge >= 0.3 is 16.6 Å². The number of hydrogen-bond donors (Lipinski definition) is 0. The van der Waals surface area contributed by atoms with Gasteiger partial charge in [0.15, 0.2) is 6.61 Å². The van der Waals surface area contributed by atoms with Crippen LogP contribution in [-0.2, 0) is 18.8 Å². The van der Waals surface area contributed by atoms with E-state index in [9.17, 15) is 26.0 Å². The molecule has 0 aromatic heterocycles. The van der Waals surface area contributed by atoms with E-state index in [1.54, 1.807) is 0 Å². The summed E-state index contributed by atoms with van der Waals surface area (Å²) in [7, 11) is -5.01. The molecule has 0 radical (unpaired) electrons. The molecule has 13 heavy (non-hydrogen) atoms. The van der Waals surface area contributed by atoms with Crippen LogP contribution in [-0.4, -0.2) is 21.2 Å². The van der Waals surface area contributed by atoms with Crippen molar-refractivity contribution in [3.63, 3.8) is 0 Å². The summed E-state index contributed by atoms with van der Waals surface area (Å²) in [5, 5.41) is 0. The molecular formula is C4H4F4O4S. The normalized spacial score (nSPS) is 12.6. The van der Waals surface area contributed by atoms with Gasteiger partial charge in [-0.05, 0) is 6.58 Å². The molecule has 0 aromatic carbocycles. The van der Waals surface area contributed by atoms with Crippen molar-refractivity contribution < 1.29 is 34.3 Å². The molecule has 4 nitrogen and oxygen atoms in total. The third-order valence-electron chi connectivity index (χ3n) is 0.559. The second kappa shape index (κ2) is 3.92. The van der Waals surface area contributed by atoms with Gasteiger partial charge in [-0.2, -0.15) is 26.0 Å². The molecule has 0 heterocycles. The first-order valence-corrected chi connectivity index (χ1v) is 3.96. The molecule has 0 saturated heterocycles. The summed E-state index contributed by atoms with van der Waals surface area (Å²) in [6, 6.07) is -1.78. The highest BCUT2D eigenvalue weighted by molar-refractivity contribution is 7.82. The standard InChI is InChI=1S/C4H4F4O4S/c1-3(5)12-13(9,10)11-2-4(6,7)8/h1-2H2. The number of alkyl halides is 3. The Bertz CT molecular complexity index is 279. The topological polar surface area (TPSA) is 52.6 Å². The lowest BCUT2D eigenvalue weighted by Gasteiger charge is -2.06. The predicted octanol–water partition coefficient (Wildman–Crippen LogP) is 1.27. The van der Waals surface area contributed by atoms with Crippen LogP contribution in [0.2, 0.25) is 0 Å². The predicted molar refractivity (Wildman–Crippen MR) is 32.3 cm³/mol. The molecule has 78 valence electrons. The van der Waals surface area contributed by atoms with Crippen LogP contribution in [0.25, 0.3) is 0 Å². The molecule has 0 amide bonds. The van der Waals surface area contributed by atoms with Crippen LogP contribution in [0.15, 0.2) is 12.6 Å². The van der Waals surface area contributed by atoms with Crippen LogP contribution in [0.4, 0.5) is 17.6 Å². The first kappa shape index (κ1) is 12.2. The molecule has 0 saturated carbocycles. The summed E-state index contributed by atoms with van der Waals surface area (Å²) in [6.07, 6.45) is -4.84. The Labute approximate surface area is 71.1 Å². The molecule has 0 unspecified atom stereocenters. The molecule has 0 spiro atoms. The Kier molecular flexibility index (Phi) is 3.67. The fourth-order valence-corrected chi connectivity index (χ4v) is 0.821. The molecule has 0 fully saturated rings. The van der Waals surface area contributed by atoms with E-state index in [-0.39, 0.29) is 0 Å². The Morgan fingerprint density at radius 3 is 2.15 bits per heavy atom. The second-order valence-electron chi connectivity index (χ2n) is 1.72. The molecule has 9 heteroatoms. The number of halogens is 4. The van der Waals surface area contributed by atoms with E-state index >= 15 is 0 Å². The maximum Gasteiger partial charge on any atom is 0.451 e. The largest absolute Gasteiger partial charge is 0.451 e. The van der Waals surface area contributed by atoms with Gasteiger partial charge in [0.25, 0.3) is 6.01 Å². The van der Waals surface area contributed by atoms with E-state index in [0.29, 0.717) is 0 Å². The smallest absolute Gasteiger partial charge is 0.332 e. The minimum absolute atomic E-state index is 1.78. The summed E-state index contributed by atoms with van der Waals surface area (Å²) in [5.74, 6) is 0. The lowest BCUT2D eigenvalue weighted by Crippen LogP contribution is -2.21. The summed E-state index contributed by atoms with van der Waals surface area (Å²) in [6.45, 7) is 0.275. The molecule has 0 rings (SSSR count). The molecule has 0 bridgehead atoms. The highest BCUT2D eigenvalue weighted by atomic mass is 32.3. The zero-order valence-corrected chi connectivity index (χ0v) is 6.78. The summed E-state index contributed by atoms with van der Waals surface area (Å²) in [5.41, 5.74) is 0. The maximum absolute atomic E-state index is 11.7. The van der Waals surface area contributed by atoms with Gasteiger partial charge in [-0.1, -0.05) is 0 Å². The van der Waals surface area contributed by atoms with Crippen molar-refractivity contribution in [1.82, 2.24) is 0 Å². The Morgan fingerprint density at radius 1 is 1.38 bits per heavy atom. The molecular weight excluding hydrogens is 220 g/mol. The van der Waals surface area contributed by atoms with Crippen molar-refractivity contribution in [2.75, 3.05) is 6.61 Å². The molecule has 0 atom stereocenters. The minimum Gasteiger partial charge on any atom is -0.332 e. The second-order valence-corrected chi connectivity index (χ2v) is 2.94.